The second kappa shape index (κ2) is 6.34. The van der Waals surface area contributed by atoms with E-state index in [1.165, 1.54) is 0 Å². The van der Waals surface area contributed by atoms with Crippen LogP contribution in [0, 0.1) is 12.3 Å². The van der Waals surface area contributed by atoms with Crippen molar-refractivity contribution in [3.05, 3.63) is 23.8 Å². The van der Waals surface area contributed by atoms with E-state index in [1.54, 1.807) is 16.9 Å². The molecular formula is C18H25N3O3. The van der Waals surface area contributed by atoms with Crippen molar-refractivity contribution >= 4 is 17.6 Å². The number of ether oxygens (including phenoxy) is 1. The molecular weight excluding hydrogens is 306 g/mol. The molecule has 1 aromatic carbocycles. The lowest BCUT2D eigenvalue weighted by Crippen LogP contribution is -2.49. The predicted molar refractivity (Wildman–Crippen MR) is 92.2 cm³/mol. The van der Waals surface area contributed by atoms with Gasteiger partial charge in [-0.1, -0.05) is 0 Å². The van der Waals surface area contributed by atoms with Gasteiger partial charge in [0.1, 0.15) is 5.75 Å². The molecule has 2 aliphatic rings. The van der Waals surface area contributed by atoms with E-state index >= 15 is 0 Å². The second-order valence-corrected chi connectivity index (χ2v) is 6.89. The lowest BCUT2D eigenvalue weighted by molar-refractivity contribution is -0.143. The van der Waals surface area contributed by atoms with Crippen molar-refractivity contribution in [1.82, 2.24) is 9.80 Å². The third-order valence-electron chi connectivity index (χ3n) is 5.27. The summed E-state index contributed by atoms with van der Waals surface area (Å²) in [6, 6.07) is 5.42. The molecule has 130 valence electrons. The molecule has 2 saturated heterocycles. The van der Waals surface area contributed by atoms with Crippen LogP contribution in [0.1, 0.15) is 24.8 Å². The number of hydrogen-bond acceptors (Lipinski definition) is 3. The summed E-state index contributed by atoms with van der Waals surface area (Å²) in [7, 11) is 3.47. The van der Waals surface area contributed by atoms with Gasteiger partial charge in [0.2, 0.25) is 5.91 Å². The smallest absolute Gasteiger partial charge is 0.321 e. The molecule has 3 amide bonds. The Balaban J connectivity index is 1.68. The van der Waals surface area contributed by atoms with Crippen LogP contribution in [0.3, 0.4) is 0 Å². The first-order valence-corrected chi connectivity index (χ1v) is 8.41. The van der Waals surface area contributed by atoms with E-state index in [9.17, 15) is 9.59 Å². The summed E-state index contributed by atoms with van der Waals surface area (Å²) >= 11 is 0. The monoisotopic (exact) mass is 331 g/mol. The number of anilines is 1. The Morgan fingerprint density at radius 1 is 1.29 bits per heavy atom. The molecule has 3 rings (SSSR count). The minimum atomic E-state index is -0.376. The molecule has 1 N–H and O–H groups in total. The maximum absolute atomic E-state index is 12.6. The minimum Gasteiger partial charge on any atom is -0.497 e. The molecule has 0 aromatic heterocycles. The average Bonchev–Trinajstić information content (AvgIpc) is 3.00. The Morgan fingerprint density at radius 2 is 2.08 bits per heavy atom. The van der Waals surface area contributed by atoms with Crippen LogP contribution in [0.5, 0.6) is 5.75 Å². The summed E-state index contributed by atoms with van der Waals surface area (Å²) in [5.41, 5.74) is 1.35. The Kier molecular flexibility index (Phi) is 4.39. The van der Waals surface area contributed by atoms with Crippen LogP contribution in [0.15, 0.2) is 18.2 Å². The van der Waals surface area contributed by atoms with E-state index in [4.69, 9.17) is 4.74 Å². The number of piperidine rings is 1. The number of likely N-dealkylation sites (tertiary alicyclic amines) is 2. The van der Waals surface area contributed by atoms with Gasteiger partial charge >= 0.3 is 6.03 Å². The summed E-state index contributed by atoms with van der Waals surface area (Å²) in [5.74, 6) is 0.950. The van der Waals surface area contributed by atoms with Crippen molar-refractivity contribution in [3.8, 4) is 5.75 Å². The number of nitrogens with zero attached hydrogens (tertiary/aromatic N) is 2. The topological polar surface area (TPSA) is 61.9 Å². The number of rotatable bonds is 2. The number of aryl methyl sites for hydroxylation is 1. The number of amides is 3. The maximum Gasteiger partial charge on any atom is 0.321 e. The highest BCUT2D eigenvalue weighted by molar-refractivity contribution is 5.92. The average molecular weight is 331 g/mol. The maximum atomic E-state index is 12.6. The van der Waals surface area contributed by atoms with Crippen LogP contribution >= 0.6 is 0 Å². The van der Waals surface area contributed by atoms with E-state index in [1.807, 2.05) is 32.2 Å². The van der Waals surface area contributed by atoms with Gasteiger partial charge in [0.15, 0.2) is 0 Å². The Morgan fingerprint density at radius 3 is 2.79 bits per heavy atom. The van der Waals surface area contributed by atoms with Crippen molar-refractivity contribution in [2.75, 3.05) is 39.1 Å². The molecule has 0 aliphatic carbocycles. The summed E-state index contributed by atoms with van der Waals surface area (Å²) in [6.45, 7) is 3.89. The molecule has 1 atom stereocenters. The van der Waals surface area contributed by atoms with Gasteiger partial charge in [0, 0.05) is 32.4 Å². The molecule has 0 radical (unpaired) electrons. The molecule has 2 fully saturated rings. The van der Waals surface area contributed by atoms with Gasteiger partial charge in [0.05, 0.1) is 12.5 Å². The fourth-order valence-corrected chi connectivity index (χ4v) is 3.79. The standard InChI is InChI=1S/C18H25N3O3/c1-13-11-14(24-3)5-6-15(13)19-17(23)21-10-8-18(12-21)7-4-9-20(2)16(18)22/h5-6,11H,4,7-10,12H2,1-3H3,(H,19,23). The van der Waals surface area contributed by atoms with Crippen LogP contribution in [-0.4, -0.2) is 55.5 Å². The van der Waals surface area contributed by atoms with E-state index < -0.39 is 0 Å². The lowest BCUT2D eigenvalue weighted by atomic mass is 9.78. The van der Waals surface area contributed by atoms with Crippen molar-refractivity contribution in [2.24, 2.45) is 5.41 Å². The van der Waals surface area contributed by atoms with Gasteiger partial charge in [-0.2, -0.15) is 0 Å². The van der Waals surface area contributed by atoms with Crippen molar-refractivity contribution < 1.29 is 14.3 Å². The zero-order chi connectivity index (χ0) is 17.3. The first kappa shape index (κ1) is 16.6. The van der Waals surface area contributed by atoms with Crippen LogP contribution in [0.4, 0.5) is 10.5 Å². The molecule has 6 heteroatoms. The quantitative estimate of drug-likeness (QED) is 0.905. The number of nitrogens with one attached hydrogen (secondary N) is 1. The molecule has 0 saturated carbocycles. The fraction of sp³-hybridized carbons (Fsp3) is 0.556. The van der Waals surface area contributed by atoms with Gasteiger partial charge in [-0.05, 0) is 49.9 Å². The van der Waals surface area contributed by atoms with Gasteiger partial charge < -0.3 is 19.9 Å². The van der Waals surface area contributed by atoms with E-state index in [2.05, 4.69) is 5.32 Å². The predicted octanol–water partition coefficient (Wildman–Crippen LogP) is 2.48. The number of methoxy groups -OCH3 is 1. The largest absolute Gasteiger partial charge is 0.497 e. The first-order valence-electron chi connectivity index (χ1n) is 8.41. The molecule has 2 heterocycles. The SMILES string of the molecule is COc1ccc(NC(=O)N2CCC3(CCCN(C)C3=O)C2)c(C)c1. The fourth-order valence-electron chi connectivity index (χ4n) is 3.79. The highest BCUT2D eigenvalue weighted by Gasteiger charge is 2.48. The summed E-state index contributed by atoms with van der Waals surface area (Å²) in [5, 5.41) is 2.96. The number of urea groups is 1. The van der Waals surface area contributed by atoms with Gasteiger partial charge in [-0.15, -0.1) is 0 Å². The van der Waals surface area contributed by atoms with E-state index in [0.717, 1.165) is 42.8 Å². The molecule has 1 unspecified atom stereocenters. The molecule has 6 nitrogen and oxygen atoms in total. The molecule has 0 bridgehead atoms. The van der Waals surface area contributed by atoms with Crippen molar-refractivity contribution in [1.29, 1.82) is 0 Å². The second-order valence-electron chi connectivity index (χ2n) is 6.89. The molecule has 24 heavy (non-hydrogen) atoms. The van der Waals surface area contributed by atoms with Gasteiger partial charge in [0.25, 0.3) is 0 Å². The normalized spacial score (nSPS) is 23.7. The molecule has 1 spiro atoms. The zero-order valence-corrected chi connectivity index (χ0v) is 14.6. The van der Waals surface area contributed by atoms with Gasteiger partial charge in [-0.3, -0.25) is 4.79 Å². The third-order valence-corrected chi connectivity index (χ3v) is 5.27. The molecule has 2 aliphatic heterocycles. The first-order chi connectivity index (χ1) is 11.4. The zero-order valence-electron chi connectivity index (χ0n) is 14.6. The van der Waals surface area contributed by atoms with Crippen LogP contribution < -0.4 is 10.1 Å². The number of carbonyl (C=O) groups is 2. The van der Waals surface area contributed by atoms with Crippen LogP contribution in [-0.2, 0) is 4.79 Å². The van der Waals surface area contributed by atoms with Crippen LogP contribution in [0.25, 0.3) is 0 Å². The van der Waals surface area contributed by atoms with E-state index in [0.29, 0.717) is 13.1 Å². The number of benzene rings is 1. The molecule has 1 aromatic rings. The van der Waals surface area contributed by atoms with Crippen molar-refractivity contribution in [2.45, 2.75) is 26.2 Å². The summed E-state index contributed by atoms with van der Waals surface area (Å²) in [4.78, 5) is 28.7. The Hall–Kier alpha value is -2.24. The highest BCUT2D eigenvalue weighted by Crippen LogP contribution is 2.39. The highest BCUT2D eigenvalue weighted by atomic mass is 16.5. The number of hydrogen-bond donors (Lipinski definition) is 1. The van der Waals surface area contributed by atoms with Crippen molar-refractivity contribution in [3.63, 3.8) is 0 Å². The number of carbonyl (C=O) groups excluding carboxylic acids is 2. The lowest BCUT2D eigenvalue weighted by Gasteiger charge is -2.37. The third kappa shape index (κ3) is 2.92. The Labute approximate surface area is 142 Å². The minimum absolute atomic E-state index is 0.138. The summed E-state index contributed by atoms with van der Waals surface area (Å²) in [6.07, 6.45) is 2.64. The van der Waals surface area contributed by atoms with Crippen LogP contribution in [0.2, 0.25) is 0 Å². The Bertz CT molecular complexity index is 661. The van der Waals surface area contributed by atoms with E-state index in [-0.39, 0.29) is 17.4 Å². The summed E-state index contributed by atoms with van der Waals surface area (Å²) < 4.78 is 5.19. The van der Waals surface area contributed by atoms with Gasteiger partial charge in [-0.25, -0.2) is 4.79 Å².